The molecule has 0 aliphatic rings. The molecule has 0 aliphatic carbocycles. The summed E-state index contributed by atoms with van der Waals surface area (Å²) < 4.78 is 2.57. The summed E-state index contributed by atoms with van der Waals surface area (Å²) >= 11 is 0. The largest absolute Gasteiger partial charge is 0.377 e. The standard InChI is InChI=1S/C41H67N2/c1-4-5-6-7-8-9-10-11-12-13-14-15-16-17-18-19-20-21-22-23-24-25-26-29-35-43-39-32-28-27-31-37(39)36-38-40(42(2)3)33-30-34-41(38)43/h27-28,30-34,36H,4-26,29,35H2,1-3H3/q+1. The summed E-state index contributed by atoms with van der Waals surface area (Å²) in [7, 11) is 4.30. The van der Waals surface area contributed by atoms with Crippen molar-refractivity contribution in [2.45, 2.75) is 168 Å². The molecule has 0 spiro atoms. The smallest absolute Gasteiger partial charge is 0.215 e. The lowest BCUT2D eigenvalue weighted by atomic mass is 10.0. The normalized spacial score (nSPS) is 11.6. The maximum atomic E-state index is 2.57. The molecule has 0 amide bonds. The van der Waals surface area contributed by atoms with E-state index in [9.17, 15) is 0 Å². The third-order valence-corrected chi connectivity index (χ3v) is 9.60. The van der Waals surface area contributed by atoms with Crippen molar-refractivity contribution in [3.63, 3.8) is 0 Å². The molecule has 0 saturated heterocycles. The molecular weight excluding hydrogens is 520 g/mol. The lowest BCUT2D eigenvalue weighted by Crippen LogP contribution is -2.35. The Balaban J connectivity index is 1.14. The molecule has 0 aliphatic heterocycles. The third kappa shape index (κ3) is 13.6. The number of nitrogens with zero attached hydrogens (tertiary/aromatic N) is 2. The molecule has 0 fully saturated rings. The number of aromatic nitrogens is 1. The van der Waals surface area contributed by atoms with Crippen LogP contribution in [0.4, 0.5) is 5.69 Å². The third-order valence-electron chi connectivity index (χ3n) is 9.60. The van der Waals surface area contributed by atoms with E-state index < -0.39 is 0 Å². The Hall–Kier alpha value is -2.09. The summed E-state index contributed by atoms with van der Waals surface area (Å²) in [5.74, 6) is 0. The van der Waals surface area contributed by atoms with Crippen LogP contribution < -0.4 is 9.47 Å². The van der Waals surface area contributed by atoms with Gasteiger partial charge in [-0.15, -0.1) is 0 Å². The van der Waals surface area contributed by atoms with Gasteiger partial charge < -0.3 is 4.90 Å². The van der Waals surface area contributed by atoms with Crippen molar-refractivity contribution in [2.75, 3.05) is 19.0 Å². The molecule has 1 heterocycles. The quantitative estimate of drug-likeness (QED) is 0.0514. The highest BCUT2D eigenvalue weighted by Crippen LogP contribution is 2.27. The number of unbranched alkanes of at least 4 members (excludes halogenated alkanes) is 23. The highest BCUT2D eigenvalue weighted by atomic mass is 15.1. The van der Waals surface area contributed by atoms with Crippen molar-refractivity contribution in [1.82, 2.24) is 0 Å². The van der Waals surface area contributed by atoms with Crippen LogP contribution in [-0.2, 0) is 6.54 Å². The van der Waals surface area contributed by atoms with E-state index in [0.717, 1.165) is 6.54 Å². The second kappa shape index (κ2) is 22.4. The van der Waals surface area contributed by atoms with E-state index in [0.29, 0.717) is 0 Å². The van der Waals surface area contributed by atoms with E-state index in [1.54, 1.807) is 0 Å². The molecule has 0 radical (unpaired) electrons. The maximum Gasteiger partial charge on any atom is 0.215 e. The lowest BCUT2D eigenvalue weighted by molar-refractivity contribution is -0.645. The Morgan fingerprint density at radius 1 is 0.465 bits per heavy atom. The molecule has 0 unspecified atom stereocenters. The average Bonchev–Trinajstić information content (AvgIpc) is 3.02. The molecule has 1 aromatic heterocycles. The first-order chi connectivity index (χ1) is 21.2. The Morgan fingerprint density at radius 3 is 1.35 bits per heavy atom. The number of anilines is 1. The molecule has 2 nitrogen and oxygen atoms in total. The van der Waals surface area contributed by atoms with Crippen LogP contribution >= 0.6 is 0 Å². The number of aryl methyl sites for hydroxylation is 1. The number of benzene rings is 2. The molecule has 240 valence electrons. The van der Waals surface area contributed by atoms with Crippen LogP contribution in [0, 0.1) is 0 Å². The van der Waals surface area contributed by atoms with E-state index in [2.05, 4.69) is 79.0 Å². The SMILES string of the molecule is CCCCCCCCCCCCCCCCCCCCCCCCCC[n+]1c2ccccc2cc2c(N(C)C)cccc21. The van der Waals surface area contributed by atoms with E-state index in [4.69, 9.17) is 0 Å². The van der Waals surface area contributed by atoms with Crippen molar-refractivity contribution < 1.29 is 4.57 Å². The summed E-state index contributed by atoms with van der Waals surface area (Å²) in [5, 5.41) is 2.70. The van der Waals surface area contributed by atoms with Gasteiger partial charge in [0.2, 0.25) is 11.0 Å². The van der Waals surface area contributed by atoms with Crippen LogP contribution in [0.5, 0.6) is 0 Å². The van der Waals surface area contributed by atoms with Gasteiger partial charge in [0.1, 0.15) is 6.54 Å². The summed E-state index contributed by atoms with van der Waals surface area (Å²) in [5.41, 5.74) is 4.02. The van der Waals surface area contributed by atoms with Gasteiger partial charge >= 0.3 is 0 Å². The molecule has 0 bridgehead atoms. The second-order valence-corrected chi connectivity index (χ2v) is 13.6. The molecule has 0 atom stereocenters. The first-order valence-electron chi connectivity index (χ1n) is 18.7. The predicted octanol–water partition coefficient (Wildman–Crippen LogP) is 12.7. The molecular formula is C41H67N2+. The predicted molar refractivity (Wildman–Crippen MR) is 192 cm³/mol. The molecule has 0 saturated carbocycles. The molecule has 3 aromatic rings. The maximum absolute atomic E-state index is 2.57. The van der Waals surface area contributed by atoms with Crippen LogP contribution in [0.3, 0.4) is 0 Å². The highest BCUT2D eigenvalue weighted by molar-refractivity contribution is 5.96. The van der Waals surface area contributed by atoms with Gasteiger partial charge in [0.15, 0.2) is 0 Å². The summed E-state index contributed by atoms with van der Waals surface area (Å²) in [6, 6.07) is 18.0. The van der Waals surface area contributed by atoms with Crippen LogP contribution in [0.15, 0.2) is 48.5 Å². The molecule has 3 rings (SSSR count). The van der Waals surface area contributed by atoms with Crippen molar-refractivity contribution in [3.05, 3.63) is 48.5 Å². The number of rotatable bonds is 26. The van der Waals surface area contributed by atoms with Crippen molar-refractivity contribution >= 4 is 27.5 Å². The fourth-order valence-corrected chi connectivity index (χ4v) is 6.93. The van der Waals surface area contributed by atoms with Gasteiger partial charge in [0.05, 0.1) is 11.1 Å². The summed E-state index contributed by atoms with van der Waals surface area (Å²) in [6.45, 7) is 3.41. The summed E-state index contributed by atoms with van der Waals surface area (Å²) in [6.07, 6.45) is 34.6. The van der Waals surface area contributed by atoms with Gasteiger partial charge in [-0.1, -0.05) is 166 Å². The number of para-hydroxylation sites is 1. The first-order valence-corrected chi connectivity index (χ1v) is 18.7. The lowest BCUT2D eigenvalue weighted by Gasteiger charge is -2.15. The van der Waals surface area contributed by atoms with Crippen LogP contribution in [0.25, 0.3) is 21.8 Å². The topological polar surface area (TPSA) is 7.12 Å². The van der Waals surface area contributed by atoms with Crippen LogP contribution in [0.1, 0.15) is 161 Å². The fraction of sp³-hybridized carbons (Fsp3) is 0.683. The Kier molecular flexibility index (Phi) is 18.5. The molecule has 43 heavy (non-hydrogen) atoms. The van der Waals surface area contributed by atoms with Crippen molar-refractivity contribution in [1.29, 1.82) is 0 Å². The molecule has 2 aromatic carbocycles. The molecule has 2 heteroatoms. The monoisotopic (exact) mass is 588 g/mol. The zero-order chi connectivity index (χ0) is 30.4. The zero-order valence-electron chi connectivity index (χ0n) is 28.7. The zero-order valence-corrected chi connectivity index (χ0v) is 28.7. The van der Waals surface area contributed by atoms with Gasteiger partial charge in [-0.25, -0.2) is 0 Å². The summed E-state index contributed by atoms with van der Waals surface area (Å²) in [4.78, 5) is 2.24. The molecule has 0 N–H and O–H groups in total. The Morgan fingerprint density at radius 2 is 0.884 bits per heavy atom. The van der Waals surface area contributed by atoms with Gasteiger partial charge in [0.25, 0.3) is 0 Å². The first kappa shape index (κ1) is 35.4. The number of fused-ring (bicyclic) bond motifs is 2. The van der Waals surface area contributed by atoms with Gasteiger partial charge in [0, 0.05) is 38.0 Å². The number of pyridine rings is 1. The fourth-order valence-electron chi connectivity index (χ4n) is 6.93. The van der Waals surface area contributed by atoms with E-state index in [1.807, 2.05) is 0 Å². The van der Waals surface area contributed by atoms with Crippen LogP contribution in [-0.4, -0.2) is 14.1 Å². The van der Waals surface area contributed by atoms with E-state index in [-0.39, 0.29) is 0 Å². The Labute approximate surface area is 266 Å². The second-order valence-electron chi connectivity index (χ2n) is 13.6. The van der Waals surface area contributed by atoms with Gasteiger partial charge in [-0.3, -0.25) is 0 Å². The van der Waals surface area contributed by atoms with Gasteiger partial charge in [-0.2, -0.15) is 4.57 Å². The van der Waals surface area contributed by atoms with Crippen molar-refractivity contribution in [3.8, 4) is 0 Å². The van der Waals surface area contributed by atoms with Crippen LogP contribution in [0.2, 0.25) is 0 Å². The number of hydrogen-bond donors (Lipinski definition) is 0. The van der Waals surface area contributed by atoms with Gasteiger partial charge in [-0.05, 0) is 24.6 Å². The van der Waals surface area contributed by atoms with E-state index in [1.165, 1.54) is 182 Å². The number of hydrogen-bond acceptors (Lipinski definition) is 1. The van der Waals surface area contributed by atoms with E-state index >= 15 is 0 Å². The average molecular weight is 588 g/mol. The highest BCUT2D eigenvalue weighted by Gasteiger charge is 2.17. The minimum atomic E-state index is 1.11. The van der Waals surface area contributed by atoms with Crippen molar-refractivity contribution in [2.24, 2.45) is 0 Å². The Bertz CT molecular complexity index is 1120. The minimum Gasteiger partial charge on any atom is -0.377 e. The minimum absolute atomic E-state index is 1.11.